The number of furan rings is 1. The molecule has 0 radical (unpaired) electrons. The summed E-state index contributed by atoms with van der Waals surface area (Å²) in [6.07, 6.45) is 3.34. The van der Waals surface area contributed by atoms with Crippen LogP contribution in [0.1, 0.15) is 27.5 Å². The molecule has 2 heterocycles. The number of nitrogens with zero attached hydrogens (tertiary/aromatic N) is 2. The van der Waals surface area contributed by atoms with Crippen LogP contribution in [0.25, 0.3) is 11.0 Å². The van der Waals surface area contributed by atoms with Crippen molar-refractivity contribution in [2.45, 2.75) is 20.4 Å². The fourth-order valence-corrected chi connectivity index (χ4v) is 2.15. The zero-order chi connectivity index (χ0) is 14.8. The van der Waals surface area contributed by atoms with E-state index in [-0.39, 0.29) is 5.91 Å². The summed E-state index contributed by atoms with van der Waals surface area (Å²) in [5, 5.41) is 3.76. The van der Waals surface area contributed by atoms with Gasteiger partial charge in [-0.15, -0.1) is 0 Å². The first-order valence-electron chi connectivity index (χ1n) is 6.68. The van der Waals surface area contributed by atoms with Gasteiger partial charge in [0.1, 0.15) is 11.3 Å². The maximum absolute atomic E-state index is 12.3. The second kappa shape index (κ2) is 5.36. The zero-order valence-corrected chi connectivity index (χ0v) is 11.9. The second-order valence-corrected chi connectivity index (χ2v) is 4.91. The Morgan fingerprint density at radius 2 is 2.10 bits per heavy atom. The molecule has 0 unspecified atom stereocenters. The predicted octanol–water partition coefficient (Wildman–Crippen LogP) is 2.77. The van der Waals surface area contributed by atoms with Gasteiger partial charge in [-0.1, -0.05) is 12.1 Å². The van der Waals surface area contributed by atoms with Crippen LogP contribution in [-0.4, -0.2) is 15.9 Å². The molecule has 3 aromatic rings. The van der Waals surface area contributed by atoms with Gasteiger partial charge in [0.15, 0.2) is 0 Å². The van der Waals surface area contributed by atoms with Crippen molar-refractivity contribution in [3.05, 3.63) is 59.4 Å². The summed E-state index contributed by atoms with van der Waals surface area (Å²) in [5.41, 5.74) is 2.71. The number of nitrogens with one attached hydrogen (secondary N) is 1. The van der Waals surface area contributed by atoms with Crippen LogP contribution in [0.15, 0.2) is 41.1 Å². The van der Waals surface area contributed by atoms with Gasteiger partial charge in [-0.3, -0.25) is 14.8 Å². The Morgan fingerprint density at radius 3 is 2.86 bits per heavy atom. The highest BCUT2D eigenvalue weighted by Crippen LogP contribution is 2.22. The molecule has 0 saturated heterocycles. The summed E-state index contributed by atoms with van der Waals surface area (Å²) in [6, 6.07) is 7.44. The van der Waals surface area contributed by atoms with Crippen LogP contribution < -0.4 is 5.32 Å². The van der Waals surface area contributed by atoms with Crippen LogP contribution in [0.4, 0.5) is 0 Å². The Morgan fingerprint density at radius 1 is 1.24 bits per heavy atom. The van der Waals surface area contributed by atoms with E-state index >= 15 is 0 Å². The molecule has 1 aromatic carbocycles. The summed E-state index contributed by atoms with van der Waals surface area (Å²) >= 11 is 0. The van der Waals surface area contributed by atoms with E-state index in [9.17, 15) is 4.79 Å². The lowest BCUT2D eigenvalue weighted by atomic mass is 10.1. The van der Waals surface area contributed by atoms with E-state index in [1.807, 2.05) is 32.0 Å². The van der Waals surface area contributed by atoms with Crippen LogP contribution in [0.2, 0.25) is 0 Å². The molecule has 0 fully saturated rings. The maximum Gasteiger partial charge on any atom is 0.255 e. The summed E-state index contributed by atoms with van der Waals surface area (Å²) in [4.78, 5) is 20.6. The van der Waals surface area contributed by atoms with Crippen molar-refractivity contribution in [3.8, 4) is 0 Å². The first kappa shape index (κ1) is 13.3. The number of carbonyl (C=O) groups is 1. The smallest absolute Gasteiger partial charge is 0.255 e. The van der Waals surface area contributed by atoms with Gasteiger partial charge < -0.3 is 9.73 Å². The lowest BCUT2D eigenvalue weighted by Crippen LogP contribution is -2.23. The van der Waals surface area contributed by atoms with Crippen molar-refractivity contribution < 1.29 is 9.21 Å². The highest BCUT2D eigenvalue weighted by Gasteiger charge is 2.13. The quantitative estimate of drug-likeness (QED) is 0.801. The molecule has 0 atom stereocenters. The number of aromatic nitrogens is 2. The molecule has 0 aliphatic carbocycles. The number of hydrogen-bond acceptors (Lipinski definition) is 4. The van der Waals surface area contributed by atoms with E-state index in [1.165, 1.54) is 0 Å². The molecule has 0 bridgehead atoms. The molecule has 1 N–H and O–H groups in total. The van der Waals surface area contributed by atoms with Gasteiger partial charge in [-0.05, 0) is 26.0 Å². The van der Waals surface area contributed by atoms with Crippen molar-refractivity contribution in [1.29, 1.82) is 0 Å². The maximum atomic E-state index is 12.3. The van der Waals surface area contributed by atoms with E-state index in [1.54, 1.807) is 18.5 Å². The normalized spacial score (nSPS) is 10.8. The third-order valence-corrected chi connectivity index (χ3v) is 3.18. The van der Waals surface area contributed by atoms with Gasteiger partial charge in [-0.2, -0.15) is 0 Å². The number of hydrogen-bond donors (Lipinski definition) is 1. The molecule has 5 nitrogen and oxygen atoms in total. The summed E-state index contributed by atoms with van der Waals surface area (Å²) < 4.78 is 5.60. The lowest BCUT2D eigenvalue weighted by Gasteiger charge is -2.05. The number of fused-ring (bicyclic) bond motifs is 1. The number of rotatable bonds is 3. The largest absolute Gasteiger partial charge is 0.461 e. The Hall–Kier alpha value is -2.69. The number of benzene rings is 1. The van der Waals surface area contributed by atoms with E-state index in [2.05, 4.69) is 15.3 Å². The molecule has 0 aliphatic heterocycles. The molecule has 1 amide bonds. The Labute approximate surface area is 122 Å². The van der Waals surface area contributed by atoms with Crippen molar-refractivity contribution in [3.63, 3.8) is 0 Å². The lowest BCUT2D eigenvalue weighted by molar-refractivity contribution is 0.0951. The number of carbonyl (C=O) groups excluding carboxylic acids is 1. The molecule has 106 valence electrons. The first-order valence-corrected chi connectivity index (χ1v) is 6.68. The van der Waals surface area contributed by atoms with Crippen LogP contribution in [0.5, 0.6) is 0 Å². The van der Waals surface area contributed by atoms with Gasteiger partial charge in [0.25, 0.3) is 5.91 Å². The fraction of sp³-hybridized carbons (Fsp3) is 0.188. The molecular weight excluding hydrogens is 266 g/mol. The van der Waals surface area contributed by atoms with Crippen molar-refractivity contribution >= 4 is 16.9 Å². The standard InChI is InChI=1S/C16H15N3O2/c1-10-7-18-13(8-17-10)9-19-16(20)14-5-3-4-12-6-11(2)21-15(12)14/h3-8H,9H2,1-2H3,(H,19,20). The average Bonchev–Trinajstić information content (AvgIpc) is 2.86. The van der Waals surface area contributed by atoms with E-state index < -0.39 is 0 Å². The highest BCUT2D eigenvalue weighted by molar-refractivity contribution is 6.04. The SMILES string of the molecule is Cc1cnc(CNC(=O)c2cccc3cc(C)oc23)cn1. The molecular formula is C16H15N3O2. The van der Waals surface area contributed by atoms with E-state index in [0.29, 0.717) is 17.7 Å². The molecule has 2 aromatic heterocycles. The third-order valence-electron chi connectivity index (χ3n) is 3.18. The molecule has 0 saturated carbocycles. The number of aryl methyl sites for hydroxylation is 2. The third kappa shape index (κ3) is 2.76. The fourth-order valence-electron chi connectivity index (χ4n) is 2.15. The van der Waals surface area contributed by atoms with E-state index in [4.69, 9.17) is 4.42 Å². The monoisotopic (exact) mass is 281 g/mol. The van der Waals surface area contributed by atoms with Crippen molar-refractivity contribution in [2.75, 3.05) is 0 Å². The van der Waals surface area contributed by atoms with Gasteiger partial charge in [-0.25, -0.2) is 0 Å². The molecule has 5 heteroatoms. The topological polar surface area (TPSA) is 68.0 Å². The van der Waals surface area contributed by atoms with Crippen LogP contribution >= 0.6 is 0 Å². The second-order valence-electron chi connectivity index (χ2n) is 4.91. The molecule has 0 spiro atoms. The number of amides is 1. The minimum absolute atomic E-state index is 0.183. The number of para-hydroxylation sites is 1. The molecule has 3 rings (SSSR count). The predicted molar refractivity (Wildman–Crippen MR) is 78.9 cm³/mol. The highest BCUT2D eigenvalue weighted by atomic mass is 16.3. The minimum Gasteiger partial charge on any atom is -0.461 e. The van der Waals surface area contributed by atoms with Crippen LogP contribution in [-0.2, 0) is 6.54 Å². The van der Waals surface area contributed by atoms with Gasteiger partial charge >= 0.3 is 0 Å². The Balaban J connectivity index is 1.79. The average molecular weight is 281 g/mol. The van der Waals surface area contributed by atoms with Crippen molar-refractivity contribution in [2.24, 2.45) is 0 Å². The molecule has 0 aliphatic rings. The van der Waals surface area contributed by atoms with Gasteiger partial charge in [0.2, 0.25) is 0 Å². The van der Waals surface area contributed by atoms with Crippen LogP contribution in [0, 0.1) is 13.8 Å². The van der Waals surface area contributed by atoms with Crippen molar-refractivity contribution in [1.82, 2.24) is 15.3 Å². The minimum atomic E-state index is -0.183. The summed E-state index contributed by atoms with van der Waals surface area (Å²) in [5.74, 6) is 0.604. The van der Waals surface area contributed by atoms with Gasteiger partial charge in [0, 0.05) is 11.6 Å². The Kier molecular flexibility index (Phi) is 3.39. The first-order chi connectivity index (χ1) is 10.1. The van der Waals surface area contributed by atoms with Crippen LogP contribution in [0.3, 0.4) is 0 Å². The van der Waals surface area contributed by atoms with Gasteiger partial charge in [0.05, 0.1) is 29.7 Å². The summed E-state index contributed by atoms with van der Waals surface area (Å²) in [7, 11) is 0. The zero-order valence-electron chi connectivity index (χ0n) is 11.9. The summed E-state index contributed by atoms with van der Waals surface area (Å²) in [6.45, 7) is 4.07. The Bertz CT molecular complexity index is 791. The van der Waals surface area contributed by atoms with E-state index in [0.717, 1.165) is 22.5 Å². The molecule has 21 heavy (non-hydrogen) atoms.